The largest absolute Gasteiger partial charge is 0.462 e. The van der Waals surface area contributed by atoms with Crippen molar-refractivity contribution in [3.63, 3.8) is 0 Å². The number of carbonyl (C=O) groups is 2. The highest BCUT2D eigenvalue weighted by molar-refractivity contribution is 6.18. The van der Waals surface area contributed by atoms with Gasteiger partial charge in [-0.3, -0.25) is 9.59 Å². The first-order valence-corrected chi connectivity index (χ1v) is 14.4. The zero-order chi connectivity index (χ0) is 29.6. The molecule has 0 aromatic carbocycles. The van der Waals surface area contributed by atoms with Crippen LogP contribution in [0.15, 0.2) is 0 Å². The summed E-state index contributed by atoms with van der Waals surface area (Å²) in [5.41, 5.74) is 0. The molecule has 0 aromatic rings. The number of carbonyl (C=O) groups excluding carboxylic acids is 2. The number of hydrogen-bond donors (Lipinski definition) is 0. The van der Waals surface area contributed by atoms with Gasteiger partial charge < -0.3 is 9.47 Å². The summed E-state index contributed by atoms with van der Waals surface area (Å²) < 4.78 is 49.7. The van der Waals surface area contributed by atoms with Crippen molar-refractivity contribution in [2.45, 2.75) is 161 Å². The molecular formula is C29H55ClO4. The highest BCUT2D eigenvalue weighted by Crippen LogP contribution is 2.13. The average Bonchev–Trinajstić information content (AvgIpc) is 2.85. The van der Waals surface area contributed by atoms with Crippen LogP contribution in [-0.4, -0.2) is 30.4 Å². The highest BCUT2D eigenvalue weighted by atomic mass is 35.5. The minimum Gasteiger partial charge on any atom is -0.462 e. The first-order chi connectivity index (χ1) is 18.4. The van der Waals surface area contributed by atoms with Crippen molar-refractivity contribution in [3.05, 3.63) is 0 Å². The zero-order valence-electron chi connectivity index (χ0n) is 27.1. The third-order valence-electron chi connectivity index (χ3n) is 6.03. The van der Waals surface area contributed by atoms with Crippen molar-refractivity contribution >= 4 is 23.5 Å². The molecule has 0 aliphatic carbocycles. The highest BCUT2D eigenvalue weighted by Gasteiger charge is 2.16. The van der Waals surface area contributed by atoms with E-state index in [0.29, 0.717) is 12.8 Å². The molecule has 0 radical (unpaired) electrons. The van der Waals surface area contributed by atoms with E-state index in [2.05, 4.69) is 13.8 Å². The molecule has 0 amide bonds. The lowest BCUT2D eigenvalue weighted by Gasteiger charge is -2.15. The summed E-state index contributed by atoms with van der Waals surface area (Å²) in [7, 11) is 0. The third kappa shape index (κ3) is 24.4. The molecule has 4 nitrogen and oxygen atoms in total. The summed E-state index contributed by atoms with van der Waals surface area (Å²) in [4.78, 5) is 24.6. The molecule has 1 atom stereocenters. The number of alkyl halides is 1. The van der Waals surface area contributed by atoms with Gasteiger partial charge in [-0.15, -0.1) is 11.6 Å². The van der Waals surface area contributed by atoms with E-state index < -0.39 is 30.4 Å². The Kier molecular flexibility index (Phi) is 19.7. The van der Waals surface area contributed by atoms with Crippen LogP contribution in [0.2, 0.25) is 0 Å². The van der Waals surface area contributed by atoms with Crippen molar-refractivity contribution in [2.75, 3.05) is 12.4 Å². The van der Waals surface area contributed by atoms with Gasteiger partial charge in [-0.2, -0.15) is 0 Å². The maximum absolute atomic E-state index is 12.4. The number of hydrogen-bond acceptors (Lipinski definition) is 4. The Hall–Kier alpha value is -0.770. The van der Waals surface area contributed by atoms with Crippen LogP contribution in [0.25, 0.3) is 0 Å². The van der Waals surface area contributed by atoms with Crippen LogP contribution < -0.4 is 0 Å². The second-order valence-corrected chi connectivity index (χ2v) is 9.53. The quantitative estimate of drug-likeness (QED) is 0.0664. The van der Waals surface area contributed by atoms with E-state index in [1.165, 1.54) is 64.2 Å². The van der Waals surface area contributed by atoms with E-state index in [4.69, 9.17) is 27.9 Å². The Morgan fingerprint density at radius 1 is 0.647 bits per heavy atom. The number of halogens is 1. The topological polar surface area (TPSA) is 52.6 Å². The van der Waals surface area contributed by atoms with Gasteiger partial charge in [0.2, 0.25) is 0 Å². The molecule has 202 valence electrons. The Bertz CT molecular complexity index is 646. The molecule has 5 heteroatoms. The van der Waals surface area contributed by atoms with Gasteiger partial charge >= 0.3 is 11.9 Å². The molecule has 0 unspecified atom stereocenters. The lowest BCUT2D eigenvalue weighted by molar-refractivity contribution is -0.157. The number of ether oxygens (including phenoxy) is 2. The zero-order valence-corrected chi connectivity index (χ0v) is 22.8. The summed E-state index contributed by atoms with van der Waals surface area (Å²) >= 11 is 5.67. The van der Waals surface area contributed by atoms with Crippen LogP contribution in [-0.2, 0) is 19.1 Å². The molecule has 0 aliphatic heterocycles. The fraction of sp³-hybridized carbons (Fsp3) is 0.931. The van der Waals surface area contributed by atoms with Gasteiger partial charge in [0, 0.05) is 15.6 Å². The lowest BCUT2D eigenvalue weighted by atomic mass is 10.1. The van der Waals surface area contributed by atoms with Gasteiger partial charge in [0.05, 0.1) is 9.94 Å². The molecule has 0 bridgehead atoms. The first-order valence-electron chi connectivity index (χ1n) is 16.5. The Morgan fingerprint density at radius 3 is 1.38 bits per heavy atom. The molecule has 34 heavy (non-hydrogen) atoms. The third-order valence-corrected chi connectivity index (χ3v) is 6.20. The summed E-state index contributed by atoms with van der Waals surface area (Å²) in [5, 5.41) is 0. The van der Waals surface area contributed by atoms with Crippen molar-refractivity contribution < 1.29 is 25.9 Å². The van der Waals surface area contributed by atoms with E-state index >= 15 is 0 Å². The van der Waals surface area contributed by atoms with E-state index in [0.717, 1.165) is 51.4 Å². The molecule has 0 saturated carbocycles. The van der Waals surface area contributed by atoms with Gasteiger partial charge in [0.15, 0.2) is 0 Å². The van der Waals surface area contributed by atoms with Crippen LogP contribution in [0.4, 0.5) is 0 Å². The minimum atomic E-state index is -3.26. The van der Waals surface area contributed by atoms with Gasteiger partial charge in [0.25, 0.3) is 0 Å². The molecule has 0 spiro atoms. The monoisotopic (exact) mass is 507 g/mol. The van der Waals surface area contributed by atoms with Crippen molar-refractivity contribution in [3.8, 4) is 0 Å². The lowest BCUT2D eigenvalue weighted by Crippen LogP contribution is -2.26. The fourth-order valence-corrected chi connectivity index (χ4v) is 3.97. The Morgan fingerprint density at radius 2 is 1.00 bits per heavy atom. The summed E-state index contributed by atoms with van der Waals surface area (Å²) in [5.74, 6) is -4.98. The molecular weight excluding hydrogens is 448 g/mol. The van der Waals surface area contributed by atoms with E-state index in [1.54, 1.807) is 0 Å². The van der Waals surface area contributed by atoms with Gasteiger partial charge in [0.1, 0.15) is 12.6 Å². The minimum absolute atomic E-state index is 0.0661. The average molecular weight is 508 g/mol. The maximum Gasteiger partial charge on any atom is 0.306 e. The van der Waals surface area contributed by atoms with E-state index in [-0.39, 0.29) is 12.8 Å². The molecule has 0 N–H and O–H groups in total. The van der Waals surface area contributed by atoms with E-state index in [1.807, 2.05) is 0 Å². The summed E-state index contributed by atoms with van der Waals surface area (Å²) in [6.07, 6.45) is 18.1. The van der Waals surface area contributed by atoms with E-state index in [9.17, 15) is 9.59 Å². The van der Waals surface area contributed by atoms with Gasteiger partial charge in [-0.1, -0.05) is 129 Å². The number of unbranched alkanes of at least 4 members (excludes halogenated alkanes) is 18. The van der Waals surface area contributed by atoms with Crippen LogP contribution in [0, 0.1) is 0 Å². The molecule has 0 rings (SSSR count). The molecule has 0 aliphatic rings. The van der Waals surface area contributed by atoms with Crippen LogP contribution >= 0.6 is 11.6 Å². The predicted octanol–water partition coefficient (Wildman–Crippen LogP) is 9.30. The van der Waals surface area contributed by atoms with Gasteiger partial charge in [-0.25, -0.2) is 0 Å². The first kappa shape index (κ1) is 24.9. The van der Waals surface area contributed by atoms with Crippen LogP contribution in [0.5, 0.6) is 0 Å². The number of rotatable bonds is 26. The molecule has 0 aromatic heterocycles. The Balaban J connectivity index is 4.42. The molecule has 0 saturated heterocycles. The van der Waals surface area contributed by atoms with Crippen LogP contribution in [0.3, 0.4) is 0 Å². The normalized spacial score (nSPS) is 15.9. The maximum atomic E-state index is 12.4. The standard InChI is InChI=1S/C29H55ClO4/c1-3-5-7-9-11-13-14-16-18-20-22-24-29(32)34-27(25-30)26-33-28(31)23-21-19-17-15-12-10-8-6-4-2/h27H,3-26H2,1-2H3/t27-/m1/s1/i25D2,26D2,27D. The Labute approximate surface area is 223 Å². The van der Waals surface area contributed by atoms with Crippen molar-refractivity contribution in [1.29, 1.82) is 0 Å². The second kappa shape index (κ2) is 26.8. The predicted molar refractivity (Wildman–Crippen MR) is 144 cm³/mol. The molecule has 0 fully saturated rings. The smallest absolute Gasteiger partial charge is 0.306 e. The SMILES string of the molecule is [2H]C([2H])(Cl)[C@@]([2H])(OC(=O)CCCCCCCCCCCCC)C([2H])([2H])OC(=O)CCCCCCCCCCC. The summed E-state index contributed by atoms with van der Waals surface area (Å²) in [6, 6.07) is 0. The number of esters is 2. The molecule has 0 heterocycles. The van der Waals surface area contributed by atoms with Crippen molar-refractivity contribution in [1.82, 2.24) is 0 Å². The van der Waals surface area contributed by atoms with Gasteiger partial charge in [-0.05, 0) is 12.8 Å². The van der Waals surface area contributed by atoms with Crippen molar-refractivity contribution in [2.24, 2.45) is 0 Å². The fourth-order valence-electron chi connectivity index (χ4n) is 3.89. The second-order valence-electron chi connectivity index (χ2n) is 9.34. The van der Waals surface area contributed by atoms with Crippen LogP contribution in [0.1, 0.15) is 162 Å². The summed E-state index contributed by atoms with van der Waals surface area (Å²) in [6.45, 7) is 1.12.